The van der Waals surface area contributed by atoms with Gasteiger partial charge in [0.15, 0.2) is 0 Å². The van der Waals surface area contributed by atoms with Gasteiger partial charge in [0.25, 0.3) is 0 Å². The molecule has 0 bridgehead atoms. The van der Waals surface area contributed by atoms with Crippen molar-refractivity contribution < 1.29 is 14.7 Å². The molecule has 2 heterocycles. The summed E-state index contributed by atoms with van der Waals surface area (Å²) < 4.78 is 1.73. The molecule has 1 aromatic heterocycles. The van der Waals surface area contributed by atoms with Gasteiger partial charge in [0.2, 0.25) is 0 Å². The number of hydrogen-bond donors (Lipinski definition) is 2. The third-order valence-electron chi connectivity index (χ3n) is 3.57. The molecule has 1 aromatic rings. The van der Waals surface area contributed by atoms with Crippen LogP contribution in [-0.4, -0.2) is 44.4 Å². The van der Waals surface area contributed by atoms with Crippen LogP contribution >= 0.6 is 0 Å². The summed E-state index contributed by atoms with van der Waals surface area (Å²) in [4.78, 5) is 24.4. The molecule has 0 unspecified atom stereocenters. The topological polar surface area (TPSA) is 87.5 Å². The Labute approximate surface area is 111 Å². The average Bonchev–Trinajstić information content (AvgIpc) is 2.96. The molecule has 7 heteroatoms. The first kappa shape index (κ1) is 13.4. The molecule has 0 saturated carbocycles. The number of carboxylic acid groups (broad SMARTS) is 1. The highest BCUT2D eigenvalue weighted by Gasteiger charge is 2.33. The van der Waals surface area contributed by atoms with Crippen LogP contribution in [-0.2, 0) is 18.4 Å². The minimum absolute atomic E-state index is 0.326. The van der Waals surface area contributed by atoms with Crippen LogP contribution < -0.4 is 5.32 Å². The van der Waals surface area contributed by atoms with E-state index >= 15 is 0 Å². The number of carbonyl (C=O) groups excluding carboxylic acids is 1. The molecule has 1 aliphatic rings. The lowest BCUT2D eigenvalue weighted by molar-refractivity contribution is -0.141. The van der Waals surface area contributed by atoms with Crippen molar-refractivity contribution in [1.29, 1.82) is 0 Å². The number of rotatable bonds is 3. The number of carbonyl (C=O) groups is 2. The number of carboxylic acids is 1. The number of urea groups is 1. The lowest BCUT2D eigenvalue weighted by Crippen LogP contribution is -2.45. The highest BCUT2D eigenvalue weighted by molar-refractivity contribution is 5.83. The summed E-state index contributed by atoms with van der Waals surface area (Å²) in [5.74, 6) is -0.940. The SMILES string of the molecule is Cc1c(CNC(=O)N2CCC[C@@H]2C(=O)O)cnn1C. The highest BCUT2D eigenvalue weighted by atomic mass is 16.4. The van der Waals surface area contributed by atoms with Crippen LogP contribution in [0.1, 0.15) is 24.1 Å². The van der Waals surface area contributed by atoms with E-state index in [-0.39, 0.29) is 6.03 Å². The van der Waals surface area contributed by atoms with E-state index in [4.69, 9.17) is 5.11 Å². The Hall–Kier alpha value is -2.05. The standard InChI is InChI=1S/C12H18N4O3/c1-8-9(7-14-15(8)2)6-13-12(19)16-5-3-4-10(16)11(17)18/h7,10H,3-6H2,1-2H3,(H,13,19)(H,17,18)/t10-/m1/s1. The van der Waals surface area contributed by atoms with Crippen LogP contribution in [0.2, 0.25) is 0 Å². The zero-order valence-electron chi connectivity index (χ0n) is 11.1. The number of hydrogen-bond acceptors (Lipinski definition) is 3. The molecule has 1 aliphatic heterocycles. The Morgan fingerprint density at radius 3 is 2.89 bits per heavy atom. The van der Waals surface area contributed by atoms with Crippen molar-refractivity contribution in [2.24, 2.45) is 7.05 Å². The number of likely N-dealkylation sites (tertiary alicyclic amines) is 1. The molecule has 0 radical (unpaired) electrons. The molecular formula is C12H18N4O3. The van der Waals surface area contributed by atoms with Crippen LogP contribution in [0.25, 0.3) is 0 Å². The van der Waals surface area contributed by atoms with Crippen molar-refractivity contribution in [3.63, 3.8) is 0 Å². The summed E-state index contributed by atoms with van der Waals surface area (Å²) in [6, 6.07) is -1.02. The van der Waals surface area contributed by atoms with E-state index in [0.717, 1.165) is 17.7 Å². The van der Waals surface area contributed by atoms with Crippen LogP contribution in [0.4, 0.5) is 4.79 Å². The quantitative estimate of drug-likeness (QED) is 0.833. The Balaban J connectivity index is 1.94. The number of aryl methyl sites for hydroxylation is 1. The maximum Gasteiger partial charge on any atom is 0.326 e. The summed E-state index contributed by atoms with van der Waals surface area (Å²) in [6.45, 7) is 2.78. The fraction of sp³-hybridized carbons (Fsp3) is 0.583. The van der Waals surface area contributed by atoms with Gasteiger partial charge in [0, 0.05) is 31.4 Å². The van der Waals surface area contributed by atoms with Gasteiger partial charge in [-0.2, -0.15) is 5.10 Å². The first-order valence-electron chi connectivity index (χ1n) is 6.25. The second kappa shape index (κ2) is 5.29. The molecule has 104 valence electrons. The molecular weight excluding hydrogens is 248 g/mol. The van der Waals surface area contributed by atoms with Crippen LogP contribution in [0, 0.1) is 6.92 Å². The number of nitrogens with one attached hydrogen (secondary N) is 1. The van der Waals surface area contributed by atoms with Crippen molar-refractivity contribution in [1.82, 2.24) is 20.0 Å². The zero-order valence-corrected chi connectivity index (χ0v) is 11.1. The maximum absolute atomic E-state index is 12.0. The van der Waals surface area contributed by atoms with E-state index in [1.54, 1.807) is 10.9 Å². The van der Waals surface area contributed by atoms with E-state index in [1.807, 2.05) is 14.0 Å². The molecule has 2 amide bonds. The van der Waals surface area contributed by atoms with E-state index < -0.39 is 12.0 Å². The van der Waals surface area contributed by atoms with Crippen molar-refractivity contribution in [2.75, 3.05) is 6.54 Å². The first-order valence-corrected chi connectivity index (χ1v) is 6.25. The molecule has 1 saturated heterocycles. The third-order valence-corrected chi connectivity index (χ3v) is 3.57. The Morgan fingerprint density at radius 2 is 2.32 bits per heavy atom. The second-order valence-corrected chi connectivity index (χ2v) is 4.73. The predicted octanol–water partition coefficient (Wildman–Crippen LogP) is 0.487. The van der Waals surface area contributed by atoms with Gasteiger partial charge >= 0.3 is 12.0 Å². The van der Waals surface area contributed by atoms with E-state index in [1.165, 1.54) is 4.90 Å². The Morgan fingerprint density at radius 1 is 1.58 bits per heavy atom. The normalized spacial score (nSPS) is 18.6. The van der Waals surface area contributed by atoms with Gasteiger partial charge in [-0.25, -0.2) is 9.59 Å². The lowest BCUT2D eigenvalue weighted by Gasteiger charge is -2.21. The summed E-state index contributed by atoms with van der Waals surface area (Å²) in [5.41, 5.74) is 1.92. The summed E-state index contributed by atoms with van der Waals surface area (Å²) in [5, 5.41) is 15.9. The van der Waals surface area contributed by atoms with Crippen molar-refractivity contribution >= 4 is 12.0 Å². The number of aliphatic carboxylic acids is 1. The van der Waals surface area contributed by atoms with E-state index in [0.29, 0.717) is 19.5 Å². The Kier molecular flexibility index (Phi) is 3.73. The maximum atomic E-state index is 12.0. The van der Waals surface area contributed by atoms with Crippen LogP contribution in [0.3, 0.4) is 0 Å². The van der Waals surface area contributed by atoms with Gasteiger partial charge in [-0.3, -0.25) is 4.68 Å². The lowest BCUT2D eigenvalue weighted by atomic mass is 10.2. The number of nitrogens with zero attached hydrogens (tertiary/aromatic N) is 3. The second-order valence-electron chi connectivity index (χ2n) is 4.73. The molecule has 1 fully saturated rings. The smallest absolute Gasteiger partial charge is 0.326 e. The molecule has 2 N–H and O–H groups in total. The van der Waals surface area contributed by atoms with Crippen molar-refractivity contribution in [2.45, 2.75) is 32.4 Å². The largest absolute Gasteiger partial charge is 0.480 e. The average molecular weight is 266 g/mol. The predicted molar refractivity (Wildman–Crippen MR) is 67.5 cm³/mol. The van der Waals surface area contributed by atoms with Gasteiger partial charge in [0.05, 0.1) is 6.20 Å². The van der Waals surface area contributed by atoms with Gasteiger partial charge in [-0.1, -0.05) is 0 Å². The van der Waals surface area contributed by atoms with Crippen LogP contribution in [0.15, 0.2) is 6.20 Å². The fourth-order valence-corrected chi connectivity index (χ4v) is 2.26. The highest BCUT2D eigenvalue weighted by Crippen LogP contribution is 2.17. The minimum Gasteiger partial charge on any atom is -0.480 e. The molecule has 0 aromatic carbocycles. The fourth-order valence-electron chi connectivity index (χ4n) is 2.26. The molecule has 0 spiro atoms. The van der Waals surface area contributed by atoms with Gasteiger partial charge in [-0.05, 0) is 19.8 Å². The van der Waals surface area contributed by atoms with Gasteiger partial charge in [-0.15, -0.1) is 0 Å². The van der Waals surface area contributed by atoms with Gasteiger partial charge in [0.1, 0.15) is 6.04 Å². The van der Waals surface area contributed by atoms with Gasteiger partial charge < -0.3 is 15.3 Å². The molecule has 2 rings (SSSR count). The third kappa shape index (κ3) is 2.69. The zero-order chi connectivity index (χ0) is 14.0. The summed E-state index contributed by atoms with van der Waals surface area (Å²) in [6.07, 6.45) is 2.96. The minimum atomic E-state index is -0.940. The number of aromatic nitrogens is 2. The van der Waals surface area contributed by atoms with E-state index in [9.17, 15) is 9.59 Å². The summed E-state index contributed by atoms with van der Waals surface area (Å²) in [7, 11) is 1.83. The van der Waals surface area contributed by atoms with E-state index in [2.05, 4.69) is 10.4 Å². The molecule has 1 atom stereocenters. The van der Waals surface area contributed by atoms with Crippen molar-refractivity contribution in [3.05, 3.63) is 17.5 Å². The monoisotopic (exact) mass is 266 g/mol. The van der Waals surface area contributed by atoms with Crippen molar-refractivity contribution in [3.8, 4) is 0 Å². The Bertz CT molecular complexity index is 497. The number of amides is 2. The first-order chi connectivity index (χ1) is 9.00. The molecule has 0 aliphatic carbocycles. The molecule has 19 heavy (non-hydrogen) atoms. The summed E-state index contributed by atoms with van der Waals surface area (Å²) >= 11 is 0. The van der Waals surface area contributed by atoms with Crippen LogP contribution in [0.5, 0.6) is 0 Å². The molecule has 7 nitrogen and oxygen atoms in total.